The molecule has 8 rings (SSSR count). The van der Waals surface area contributed by atoms with Crippen molar-refractivity contribution >= 4 is 38.5 Å². The lowest BCUT2D eigenvalue weighted by Crippen LogP contribution is -2.09. The normalized spacial score (nSPS) is 11.0. The van der Waals surface area contributed by atoms with E-state index in [9.17, 15) is 0 Å². The van der Waals surface area contributed by atoms with Crippen LogP contribution < -0.4 is 4.90 Å². The fourth-order valence-corrected chi connectivity index (χ4v) is 7.14. The maximum absolute atomic E-state index is 2.34. The second-order valence-electron chi connectivity index (χ2n) is 11.4. The Balaban J connectivity index is 1.13. The molecule has 1 nitrogen and oxygen atoms in total. The first-order valence-corrected chi connectivity index (χ1v) is 16.4. The average Bonchev–Trinajstić information content (AvgIpc) is 3.58. The van der Waals surface area contributed by atoms with Gasteiger partial charge in [-0.2, -0.15) is 0 Å². The Morgan fingerprint density at radius 1 is 0.304 bits per heavy atom. The monoisotopic (exact) mass is 605 g/mol. The van der Waals surface area contributed by atoms with E-state index in [-0.39, 0.29) is 0 Å². The molecule has 0 unspecified atom stereocenters. The fourth-order valence-electron chi connectivity index (χ4n) is 6.07. The lowest BCUT2D eigenvalue weighted by molar-refractivity contribution is 1.28. The highest BCUT2D eigenvalue weighted by molar-refractivity contribution is 7.22. The van der Waals surface area contributed by atoms with Crippen LogP contribution in [0, 0.1) is 0 Å². The summed E-state index contributed by atoms with van der Waals surface area (Å²) >= 11 is 1.84. The van der Waals surface area contributed by atoms with Crippen molar-refractivity contribution in [1.82, 2.24) is 0 Å². The summed E-state index contributed by atoms with van der Waals surface area (Å²) in [5.74, 6) is 0. The molecule has 0 N–H and O–H groups in total. The molecule has 0 aliphatic heterocycles. The van der Waals surface area contributed by atoms with Crippen molar-refractivity contribution in [1.29, 1.82) is 0 Å². The van der Waals surface area contributed by atoms with Crippen LogP contribution in [0.25, 0.3) is 53.9 Å². The first-order valence-electron chi connectivity index (χ1n) is 15.6. The number of rotatable bonds is 7. The minimum absolute atomic E-state index is 1.12. The van der Waals surface area contributed by atoms with Gasteiger partial charge < -0.3 is 4.90 Å². The maximum atomic E-state index is 2.34. The van der Waals surface area contributed by atoms with E-state index >= 15 is 0 Å². The number of fused-ring (bicyclic) bond motifs is 1. The number of nitrogens with zero attached hydrogens (tertiary/aromatic N) is 1. The highest BCUT2D eigenvalue weighted by Crippen LogP contribution is 2.39. The van der Waals surface area contributed by atoms with E-state index < -0.39 is 0 Å². The Labute approximate surface area is 274 Å². The van der Waals surface area contributed by atoms with E-state index in [0.29, 0.717) is 0 Å². The van der Waals surface area contributed by atoms with Gasteiger partial charge in [-0.15, -0.1) is 11.3 Å². The van der Waals surface area contributed by atoms with Crippen molar-refractivity contribution in [2.45, 2.75) is 0 Å². The van der Waals surface area contributed by atoms with E-state index in [1.807, 2.05) is 11.3 Å². The minimum Gasteiger partial charge on any atom is -0.311 e. The Morgan fingerprint density at radius 2 is 0.652 bits per heavy atom. The quantitative estimate of drug-likeness (QED) is 0.175. The molecule has 0 aliphatic carbocycles. The molecule has 0 aliphatic rings. The van der Waals surface area contributed by atoms with Crippen LogP contribution in [-0.4, -0.2) is 0 Å². The third-order valence-corrected chi connectivity index (χ3v) is 9.68. The van der Waals surface area contributed by atoms with Gasteiger partial charge in [0.2, 0.25) is 0 Å². The number of hydrogen-bond acceptors (Lipinski definition) is 2. The van der Waals surface area contributed by atoms with Crippen molar-refractivity contribution in [2.75, 3.05) is 4.90 Å². The van der Waals surface area contributed by atoms with Crippen molar-refractivity contribution < 1.29 is 0 Å². The van der Waals surface area contributed by atoms with Gasteiger partial charge in [0.05, 0.1) is 0 Å². The number of hydrogen-bond donors (Lipinski definition) is 0. The van der Waals surface area contributed by atoms with Crippen molar-refractivity contribution in [3.8, 4) is 43.8 Å². The summed E-state index contributed by atoms with van der Waals surface area (Å²) in [5.41, 5.74) is 11.9. The van der Waals surface area contributed by atoms with Crippen LogP contribution in [-0.2, 0) is 0 Å². The molecule has 1 heterocycles. The molecule has 0 atom stereocenters. The summed E-state index contributed by atoms with van der Waals surface area (Å²) < 4.78 is 1.32. The molecular weight excluding hydrogens is 575 g/mol. The van der Waals surface area contributed by atoms with E-state index in [2.05, 4.69) is 193 Å². The van der Waals surface area contributed by atoms with E-state index in [4.69, 9.17) is 0 Å². The third-order valence-electron chi connectivity index (χ3n) is 8.52. The van der Waals surface area contributed by atoms with Crippen LogP contribution in [0.2, 0.25) is 0 Å². The van der Waals surface area contributed by atoms with Crippen LogP contribution in [0.1, 0.15) is 0 Å². The number of benzene rings is 7. The topological polar surface area (TPSA) is 3.24 Å². The summed E-state index contributed by atoms with van der Waals surface area (Å²) in [6, 6.07) is 67.5. The van der Waals surface area contributed by atoms with Gasteiger partial charge in [0, 0.05) is 26.6 Å². The molecule has 7 aromatic carbocycles. The fraction of sp³-hybridized carbons (Fsp3) is 0. The summed E-state index contributed by atoms with van der Waals surface area (Å²) in [5, 5.41) is 1.29. The minimum atomic E-state index is 1.12. The molecule has 8 aromatic rings. The van der Waals surface area contributed by atoms with Gasteiger partial charge >= 0.3 is 0 Å². The Bertz CT molecular complexity index is 2160. The van der Waals surface area contributed by atoms with E-state index in [0.717, 1.165) is 17.1 Å². The number of thiophene rings is 1. The largest absolute Gasteiger partial charge is 0.311 e. The number of anilines is 3. The van der Waals surface area contributed by atoms with Gasteiger partial charge in [-0.05, 0) is 92.9 Å². The molecule has 0 saturated heterocycles. The molecule has 218 valence electrons. The summed E-state index contributed by atoms with van der Waals surface area (Å²) in [6.07, 6.45) is 0. The van der Waals surface area contributed by atoms with Crippen LogP contribution in [0.3, 0.4) is 0 Å². The highest BCUT2D eigenvalue weighted by atomic mass is 32.1. The molecule has 1 aromatic heterocycles. The molecule has 0 fully saturated rings. The third kappa shape index (κ3) is 5.63. The molecule has 0 amide bonds. The Morgan fingerprint density at radius 3 is 1.09 bits per heavy atom. The predicted octanol–water partition coefficient (Wildman–Crippen LogP) is 13.0. The second kappa shape index (κ2) is 12.4. The molecular formula is C44H31NS. The first-order chi connectivity index (χ1) is 22.8. The van der Waals surface area contributed by atoms with E-state index in [1.54, 1.807) is 0 Å². The summed E-state index contributed by atoms with van der Waals surface area (Å²) in [6.45, 7) is 0. The molecule has 2 heteroatoms. The lowest BCUT2D eigenvalue weighted by Gasteiger charge is -2.26. The molecule has 0 bridgehead atoms. The van der Waals surface area contributed by atoms with Crippen molar-refractivity contribution in [3.05, 3.63) is 188 Å². The Kier molecular flexibility index (Phi) is 7.47. The van der Waals surface area contributed by atoms with Gasteiger partial charge in [0.25, 0.3) is 0 Å². The zero-order valence-electron chi connectivity index (χ0n) is 25.3. The molecule has 0 saturated carbocycles. The zero-order chi connectivity index (χ0) is 30.7. The first kappa shape index (κ1) is 27.8. The SMILES string of the molecule is c1ccc(-c2ccc(-c3ccc(N(c4ccc(-c5ccccc5)cc4)c4ccc(-c5cc6ccccc6s5)cc4)cc3)cc2)cc1. The molecule has 46 heavy (non-hydrogen) atoms. The van der Waals surface area contributed by atoms with Gasteiger partial charge in [0.15, 0.2) is 0 Å². The predicted molar refractivity (Wildman–Crippen MR) is 198 cm³/mol. The highest BCUT2D eigenvalue weighted by Gasteiger charge is 2.14. The molecule has 0 spiro atoms. The maximum Gasteiger partial charge on any atom is 0.0462 e. The van der Waals surface area contributed by atoms with Crippen LogP contribution in [0.5, 0.6) is 0 Å². The molecule has 0 radical (unpaired) electrons. The summed E-state index contributed by atoms with van der Waals surface area (Å²) in [7, 11) is 0. The average molecular weight is 606 g/mol. The van der Waals surface area contributed by atoms with Crippen molar-refractivity contribution in [3.63, 3.8) is 0 Å². The van der Waals surface area contributed by atoms with Gasteiger partial charge in [-0.1, -0.05) is 140 Å². The standard InChI is InChI=1S/C44H31NS/c1-3-9-32(10-4-1)34-15-17-35(18-16-34)37-21-27-41(28-22-37)45(40-25-19-36(20-26-40)33-11-5-2-6-12-33)42-29-23-38(24-30-42)44-31-39-13-7-8-14-43(39)46-44/h1-31H. The Hall–Kier alpha value is -5.70. The zero-order valence-corrected chi connectivity index (χ0v) is 26.1. The van der Waals surface area contributed by atoms with Crippen LogP contribution in [0.15, 0.2) is 188 Å². The van der Waals surface area contributed by atoms with Gasteiger partial charge in [-0.25, -0.2) is 0 Å². The van der Waals surface area contributed by atoms with E-state index in [1.165, 1.54) is 53.9 Å². The smallest absolute Gasteiger partial charge is 0.0462 e. The van der Waals surface area contributed by atoms with Gasteiger partial charge in [0.1, 0.15) is 0 Å². The van der Waals surface area contributed by atoms with Crippen LogP contribution in [0.4, 0.5) is 17.1 Å². The van der Waals surface area contributed by atoms with Crippen molar-refractivity contribution in [2.24, 2.45) is 0 Å². The van der Waals surface area contributed by atoms with Gasteiger partial charge in [-0.3, -0.25) is 0 Å². The lowest BCUT2D eigenvalue weighted by atomic mass is 10.00. The van der Waals surface area contributed by atoms with Crippen LogP contribution >= 0.6 is 11.3 Å². The second-order valence-corrected chi connectivity index (χ2v) is 12.5. The summed E-state index contributed by atoms with van der Waals surface area (Å²) in [4.78, 5) is 3.63.